The number of rotatable bonds is 4. The molecule has 1 aromatic rings. The third-order valence-electron chi connectivity index (χ3n) is 2.35. The number of hydrogen-bond acceptors (Lipinski definition) is 5. The number of aliphatic hydroxyl groups is 2. The molecule has 1 aromatic heterocycles. The number of aromatic nitrogens is 2. The van der Waals surface area contributed by atoms with E-state index in [4.69, 9.17) is 10.2 Å². The summed E-state index contributed by atoms with van der Waals surface area (Å²) in [6, 6.07) is -0.578. The molecular weight excluding hydrogens is 222 g/mol. The van der Waals surface area contributed by atoms with Gasteiger partial charge in [0.15, 0.2) is 5.82 Å². The lowest BCUT2D eigenvalue weighted by molar-refractivity contribution is 0.203. The first-order valence-corrected chi connectivity index (χ1v) is 5.46. The molecule has 0 amide bonds. The maximum absolute atomic E-state index is 12.1. The minimum absolute atomic E-state index is 0.135. The Hall–Kier alpha value is -1.40. The molecule has 6 nitrogen and oxygen atoms in total. The average molecular weight is 241 g/mol. The van der Waals surface area contributed by atoms with E-state index in [2.05, 4.69) is 10.3 Å². The molecule has 0 atom stereocenters. The molecule has 0 saturated heterocycles. The Morgan fingerprint density at radius 3 is 2.47 bits per heavy atom. The number of nitrogens with one attached hydrogen (secondary N) is 1. The van der Waals surface area contributed by atoms with Crippen LogP contribution in [0.1, 0.15) is 20.8 Å². The molecule has 0 aromatic carbocycles. The van der Waals surface area contributed by atoms with E-state index >= 15 is 0 Å². The molecule has 0 spiro atoms. The SMILES string of the molecule is CC(C)(C)n1ccnc(NC(CO)CO)c1=O. The maximum Gasteiger partial charge on any atom is 0.293 e. The Labute approximate surface area is 99.9 Å². The van der Waals surface area contributed by atoms with Gasteiger partial charge >= 0.3 is 0 Å². The standard InChI is InChI=1S/C11H19N3O3/c1-11(2,3)14-5-4-12-9(10(14)17)13-8(6-15)7-16/h4-5,8,15-16H,6-7H2,1-3H3,(H,12,13). The summed E-state index contributed by atoms with van der Waals surface area (Å²) in [4.78, 5) is 16.0. The van der Waals surface area contributed by atoms with Gasteiger partial charge in [-0.1, -0.05) is 0 Å². The van der Waals surface area contributed by atoms with Crippen LogP contribution >= 0.6 is 0 Å². The van der Waals surface area contributed by atoms with Crippen molar-refractivity contribution in [3.05, 3.63) is 22.7 Å². The number of nitrogens with zero attached hydrogens (tertiary/aromatic N) is 2. The second-order valence-electron chi connectivity index (χ2n) is 4.83. The molecule has 96 valence electrons. The van der Waals surface area contributed by atoms with Crippen molar-refractivity contribution in [3.63, 3.8) is 0 Å². The van der Waals surface area contributed by atoms with Crippen LogP contribution in [0.15, 0.2) is 17.2 Å². The van der Waals surface area contributed by atoms with Crippen molar-refractivity contribution >= 4 is 5.82 Å². The number of anilines is 1. The van der Waals surface area contributed by atoms with E-state index in [9.17, 15) is 4.79 Å². The zero-order chi connectivity index (χ0) is 13.1. The van der Waals surface area contributed by atoms with Crippen molar-refractivity contribution in [2.75, 3.05) is 18.5 Å². The first-order chi connectivity index (χ1) is 7.90. The third-order valence-corrected chi connectivity index (χ3v) is 2.35. The van der Waals surface area contributed by atoms with E-state index in [0.29, 0.717) is 0 Å². The van der Waals surface area contributed by atoms with Crippen LogP contribution in [0.2, 0.25) is 0 Å². The highest BCUT2D eigenvalue weighted by Gasteiger charge is 2.17. The van der Waals surface area contributed by atoms with E-state index in [1.165, 1.54) is 6.20 Å². The minimum atomic E-state index is -0.578. The van der Waals surface area contributed by atoms with Gasteiger partial charge in [-0.3, -0.25) is 4.79 Å². The monoisotopic (exact) mass is 241 g/mol. The van der Waals surface area contributed by atoms with Crippen LogP contribution in [-0.2, 0) is 5.54 Å². The fourth-order valence-corrected chi connectivity index (χ4v) is 1.38. The molecule has 1 heterocycles. The molecular formula is C11H19N3O3. The summed E-state index contributed by atoms with van der Waals surface area (Å²) in [6.45, 7) is 5.21. The fraction of sp³-hybridized carbons (Fsp3) is 0.636. The van der Waals surface area contributed by atoms with Gasteiger partial charge in [-0.05, 0) is 20.8 Å². The predicted molar refractivity (Wildman–Crippen MR) is 65.1 cm³/mol. The normalized spacial score (nSPS) is 11.9. The topological polar surface area (TPSA) is 87.4 Å². The molecule has 3 N–H and O–H groups in total. The fourth-order valence-electron chi connectivity index (χ4n) is 1.38. The van der Waals surface area contributed by atoms with Crippen LogP contribution in [0, 0.1) is 0 Å². The molecule has 0 bridgehead atoms. The van der Waals surface area contributed by atoms with Crippen LogP contribution in [0.5, 0.6) is 0 Å². The zero-order valence-electron chi connectivity index (χ0n) is 10.3. The van der Waals surface area contributed by atoms with Crippen LogP contribution in [0.4, 0.5) is 5.82 Å². The van der Waals surface area contributed by atoms with Crippen molar-refractivity contribution in [3.8, 4) is 0 Å². The zero-order valence-corrected chi connectivity index (χ0v) is 10.3. The number of hydrogen-bond donors (Lipinski definition) is 3. The minimum Gasteiger partial charge on any atom is -0.394 e. The van der Waals surface area contributed by atoms with E-state index in [1.54, 1.807) is 10.8 Å². The summed E-state index contributed by atoms with van der Waals surface area (Å²) in [5.74, 6) is 0.135. The molecule has 6 heteroatoms. The largest absolute Gasteiger partial charge is 0.394 e. The Kier molecular flexibility index (Phi) is 4.25. The molecule has 0 fully saturated rings. The predicted octanol–water partition coefficient (Wildman–Crippen LogP) is -0.237. The highest BCUT2D eigenvalue weighted by atomic mass is 16.3. The van der Waals surface area contributed by atoms with Crippen molar-refractivity contribution in [2.45, 2.75) is 32.4 Å². The van der Waals surface area contributed by atoms with Crippen LogP contribution in [0.3, 0.4) is 0 Å². The van der Waals surface area contributed by atoms with Crippen LogP contribution in [-0.4, -0.2) is 39.0 Å². The summed E-state index contributed by atoms with van der Waals surface area (Å²) >= 11 is 0. The summed E-state index contributed by atoms with van der Waals surface area (Å²) in [5, 5.41) is 20.6. The van der Waals surface area contributed by atoms with Gasteiger partial charge in [0, 0.05) is 17.9 Å². The van der Waals surface area contributed by atoms with Gasteiger partial charge in [-0.2, -0.15) is 0 Å². The van der Waals surface area contributed by atoms with Crippen molar-refractivity contribution < 1.29 is 10.2 Å². The van der Waals surface area contributed by atoms with E-state index in [1.807, 2.05) is 20.8 Å². The van der Waals surface area contributed by atoms with Gasteiger partial charge in [0.2, 0.25) is 0 Å². The maximum atomic E-state index is 12.1. The van der Waals surface area contributed by atoms with Gasteiger partial charge in [0.05, 0.1) is 19.3 Å². The van der Waals surface area contributed by atoms with Gasteiger partial charge in [-0.25, -0.2) is 4.98 Å². The van der Waals surface area contributed by atoms with Gasteiger partial charge in [-0.15, -0.1) is 0 Å². The van der Waals surface area contributed by atoms with Crippen LogP contribution in [0.25, 0.3) is 0 Å². The van der Waals surface area contributed by atoms with Crippen molar-refractivity contribution in [2.24, 2.45) is 0 Å². The van der Waals surface area contributed by atoms with Gasteiger partial charge < -0.3 is 20.1 Å². The van der Waals surface area contributed by atoms with Gasteiger partial charge in [0.1, 0.15) is 0 Å². The smallest absolute Gasteiger partial charge is 0.293 e. The second-order valence-corrected chi connectivity index (χ2v) is 4.83. The highest BCUT2D eigenvalue weighted by Crippen LogP contribution is 2.10. The van der Waals surface area contributed by atoms with E-state index < -0.39 is 6.04 Å². The highest BCUT2D eigenvalue weighted by molar-refractivity contribution is 5.32. The van der Waals surface area contributed by atoms with E-state index in [-0.39, 0.29) is 30.1 Å². The first-order valence-electron chi connectivity index (χ1n) is 5.46. The Morgan fingerprint density at radius 1 is 1.41 bits per heavy atom. The molecule has 17 heavy (non-hydrogen) atoms. The molecule has 0 radical (unpaired) electrons. The lowest BCUT2D eigenvalue weighted by Gasteiger charge is -2.23. The lowest BCUT2D eigenvalue weighted by Crippen LogP contribution is -2.38. The Balaban J connectivity index is 3.07. The molecule has 0 aliphatic heterocycles. The van der Waals surface area contributed by atoms with E-state index in [0.717, 1.165) is 0 Å². The first kappa shape index (κ1) is 13.7. The third kappa shape index (κ3) is 3.28. The summed E-state index contributed by atoms with van der Waals surface area (Å²) in [7, 11) is 0. The molecule has 0 aliphatic carbocycles. The summed E-state index contributed by atoms with van der Waals surface area (Å²) < 4.78 is 1.55. The lowest BCUT2D eigenvalue weighted by atomic mass is 10.1. The summed E-state index contributed by atoms with van der Waals surface area (Å²) in [6.07, 6.45) is 3.13. The molecule has 0 unspecified atom stereocenters. The van der Waals surface area contributed by atoms with Crippen molar-refractivity contribution in [1.29, 1.82) is 0 Å². The van der Waals surface area contributed by atoms with Gasteiger partial charge in [0.25, 0.3) is 5.56 Å². The Bertz CT molecular complexity index is 419. The van der Waals surface area contributed by atoms with Crippen LogP contribution < -0.4 is 10.9 Å². The molecule has 0 saturated carbocycles. The quantitative estimate of drug-likeness (QED) is 0.677. The average Bonchev–Trinajstić information content (AvgIpc) is 2.26. The van der Waals surface area contributed by atoms with Crippen molar-refractivity contribution in [1.82, 2.24) is 9.55 Å². The second kappa shape index (κ2) is 5.29. The summed E-state index contributed by atoms with van der Waals surface area (Å²) in [5.41, 5.74) is -0.614. The molecule has 1 rings (SSSR count). The molecule has 0 aliphatic rings. The Morgan fingerprint density at radius 2 is 2.00 bits per heavy atom. The number of aliphatic hydroxyl groups excluding tert-OH is 2.